The molecule has 154 valence electrons. The van der Waals surface area contributed by atoms with Crippen LogP contribution in [-0.4, -0.2) is 50.7 Å². The fraction of sp³-hybridized carbons (Fsp3) is 0.476. The summed E-state index contributed by atoms with van der Waals surface area (Å²) in [7, 11) is 1.89. The highest BCUT2D eigenvalue weighted by Crippen LogP contribution is 2.39. The molecule has 0 saturated carbocycles. The summed E-state index contributed by atoms with van der Waals surface area (Å²) >= 11 is 0. The van der Waals surface area contributed by atoms with Crippen molar-refractivity contribution in [3.05, 3.63) is 53.6 Å². The van der Waals surface area contributed by atoms with Crippen molar-refractivity contribution >= 4 is 11.7 Å². The maximum Gasteiger partial charge on any atom is 0.309 e. The summed E-state index contributed by atoms with van der Waals surface area (Å²) in [6.45, 7) is 2.22. The van der Waals surface area contributed by atoms with E-state index in [9.17, 15) is 14.3 Å². The third-order valence-corrected chi connectivity index (χ3v) is 5.96. The van der Waals surface area contributed by atoms with Gasteiger partial charge in [-0.2, -0.15) is 5.10 Å². The van der Waals surface area contributed by atoms with E-state index in [0.717, 1.165) is 36.5 Å². The van der Waals surface area contributed by atoms with Gasteiger partial charge in [-0.25, -0.2) is 4.39 Å². The van der Waals surface area contributed by atoms with E-state index in [2.05, 4.69) is 15.2 Å². The zero-order valence-electron chi connectivity index (χ0n) is 16.4. The number of aromatic nitrogens is 2. The van der Waals surface area contributed by atoms with Gasteiger partial charge in [0.25, 0.3) is 0 Å². The van der Waals surface area contributed by atoms with Crippen LogP contribution in [0.25, 0.3) is 0 Å². The highest BCUT2D eigenvalue weighted by molar-refractivity contribution is 6.01. The molecule has 4 rings (SSSR count). The van der Waals surface area contributed by atoms with Crippen LogP contribution in [0.5, 0.6) is 0 Å². The van der Waals surface area contributed by atoms with Crippen molar-refractivity contribution in [1.82, 2.24) is 14.7 Å². The summed E-state index contributed by atoms with van der Waals surface area (Å²) < 4.78 is 14.9. The van der Waals surface area contributed by atoms with Crippen molar-refractivity contribution in [2.45, 2.75) is 38.3 Å². The van der Waals surface area contributed by atoms with Gasteiger partial charge in [-0.3, -0.25) is 14.4 Å². The normalized spacial score (nSPS) is 21.6. The molecule has 0 spiro atoms. The van der Waals surface area contributed by atoms with E-state index in [1.165, 1.54) is 12.1 Å². The van der Waals surface area contributed by atoms with Crippen molar-refractivity contribution < 1.29 is 19.1 Å². The van der Waals surface area contributed by atoms with E-state index in [4.69, 9.17) is 4.84 Å². The number of aliphatic carboxylic acids is 1. The lowest BCUT2D eigenvalue weighted by molar-refractivity contribution is -0.155. The summed E-state index contributed by atoms with van der Waals surface area (Å²) in [5.41, 5.74) is 1.88. The first-order valence-corrected chi connectivity index (χ1v) is 9.85. The maximum atomic E-state index is 13.1. The molecule has 8 heteroatoms. The number of hydrogen-bond acceptors (Lipinski definition) is 5. The fourth-order valence-corrected chi connectivity index (χ4v) is 4.24. The lowest BCUT2D eigenvalue weighted by Gasteiger charge is -2.39. The van der Waals surface area contributed by atoms with E-state index in [1.807, 2.05) is 19.4 Å². The molecule has 1 N–H and O–H groups in total. The Bertz CT molecular complexity index is 901. The van der Waals surface area contributed by atoms with Crippen LogP contribution in [-0.2, 0) is 23.2 Å². The number of piperidine rings is 1. The number of carboxylic acids is 1. The Hall–Kier alpha value is -2.74. The molecular weight excluding hydrogens is 375 g/mol. The first-order valence-electron chi connectivity index (χ1n) is 9.85. The van der Waals surface area contributed by atoms with E-state index in [1.54, 1.807) is 16.8 Å². The molecule has 0 unspecified atom stereocenters. The highest BCUT2D eigenvalue weighted by atomic mass is 19.1. The van der Waals surface area contributed by atoms with E-state index >= 15 is 0 Å². The standard InChI is InChI=1S/C21H25FN4O3/c1-25-13-15(12-23-25)14-26-8-6-21(7-9-26,20(27)28)11-18-10-19(24-29-18)16-2-4-17(22)5-3-16/h2-5,12-13,18H,6-11,14H2,1H3,(H,27,28)/t18-/m1/s1. The first-order chi connectivity index (χ1) is 13.9. The number of nitrogens with zero attached hydrogens (tertiary/aromatic N) is 4. The zero-order chi connectivity index (χ0) is 20.4. The van der Waals surface area contributed by atoms with Gasteiger partial charge in [0, 0.05) is 38.2 Å². The van der Waals surface area contributed by atoms with Crippen molar-refractivity contribution in [1.29, 1.82) is 0 Å². The molecule has 7 nitrogen and oxygen atoms in total. The number of likely N-dealkylation sites (tertiary alicyclic amines) is 1. The molecule has 1 fully saturated rings. The van der Waals surface area contributed by atoms with Crippen LogP contribution in [0, 0.1) is 11.2 Å². The molecule has 0 aliphatic carbocycles. The van der Waals surface area contributed by atoms with Gasteiger partial charge < -0.3 is 9.94 Å². The Balaban J connectivity index is 1.35. The fourth-order valence-electron chi connectivity index (χ4n) is 4.24. The minimum absolute atomic E-state index is 0.268. The number of halogens is 1. The molecule has 0 amide bonds. The van der Waals surface area contributed by atoms with Crippen molar-refractivity contribution in [2.75, 3.05) is 13.1 Å². The van der Waals surface area contributed by atoms with E-state index in [-0.39, 0.29) is 11.9 Å². The van der Waals surface area contributed by atoms with Gasteiger partial charge in [0.2, 0.25) is 0 Å². The average Bonchev–Trinajstić information content (AvgIpc) is 3.33. The predicted octanol–water partition coefficient (Wildman–Crippen LogP) is 2.81. The second kappa shape index (κ2) is 7.94. The number of oxime groups is 1. The van der Waals surface area contributed by atoms with Crippen LogP contribution in [0.4, 0.5) is 4.39 Å². The largest absolute Gasteiger partial charge is 0.481 e. The third-order valence-electron chi connectivity index (χ3n) is 5.96. The topological polar surface area (TPSA) is 80.0 Å². The maximum absolute atomic E-state index is 13.1. The van der Waals surface area contributed by atoms with E-state index in [0.29, 0.717) is 25.7 Å². The number of aryl methyl sites for hydroxylation is 1. The van der Waals surface area contributed by atoms with Crippen LogP contribution < -0.4 is 0 Å². The van der Waals surface area contributed by atoms with Crippen LogP contribution in [0.15, 0.2) is 41.8 Å². The van der Waals surface area contributed by atoms with Gasteiger partial charge in [-0.05, 0) is 43.6 Å². The Labute approximate surface area is 168 Å². The van der Waals surface area contributed by atoms with E-state index < -0.39 is 11.4 Å². The van der Waals surface area contributed by atoms with Crippen LogP contribution in [0.2, 0.25) is 0 Å². The summed E-state index contributed by atoms with van der Waals surface area (Å²) in [5.74, 6) is -1.06. The van der Waals surface area contributed by atoms with Crippen molar-refractivity contribution in [3.63, 3.8) is 0 Å². The number of carbonyl (C=O) groups is 1. The summed E-state index contributed by atoms with van der Waals surface area (Å²) in [4.78, 5) is 20.0. The Morgan fingerprint density at radius 1 is 1.31 bits per heavy atom. The lowest BCUT2D eigenvalue weighted by Crippen LogP contribution is -2.45. The number of benzene rings is 1. The number of carboxylic acid groups (broad SMARTS) is 1. The summed E-state index contributed by atoms with van der Waals surface area (Å²) in [6, 6.07) is 6.12. The predicted molar refractivity (Wildman–Crippen MR) is 105 cm³/mol. The van der Waals surface area contributed by atoms with Crippen LogP contribution in [0.1, 0.15) is 36.8 Å². The van der Waals surface area contributed by atoms with Gasteiger partial charge in [-0.1, -0.05) is 17.3 Å². The highest BCUT2D eigenvalue weighted by Gasteiger charge is 2.44. The van der Waals surface area contributed by atoms with Gasteiger partial charge in [0.15, 0.2) is 0 Å². The van der Waals surface area contributed by atoms with Crippen molar-refractivity contribution in [3.8, 4) is 0 Å². The zero-order valence-corrected chi connectivity index (χ0v) is 16.4. The number of hydrogen-bond donors (Lipinski definition) is 1. The minimum atomic E-state index is -0.802. The molecule has 2 aliphatic rings. The second-order valence-corrected chi connectivity index (χ2v) is 8.06. The summed E-state index contributed by atoms with van der Waals surface area (Å²) in [6.07, 6.45) is 5.69. The Morgan fingerprint density at radius 3 is 2.66 bits per heavy atom. The summed E-state index contributed by atoms with van der Waals surface area (Å²) in [5, 5.41) is 18.3. The minimum Gasteiger partial charge on any atom is -0.481 e. The molecule has 2 aromatic rings. The molecule has 1 aromatic carbocycles. The van der Waals surface area contributed by atoms with Gasteiger partial charge >= 0.3 is 5.97 Å². The molecule has 29 heavy (non-hydrogen) atoms. The van der Waals surface area contributed by atoms with Gasteiger partial charge in [0.05, 0.1) is 17.3 Å². The van der Waals surface area contributed by atoms with Gasteiger partial charge in [-0.15, -0.1) is 0 Å². The monoisotopic (exact) mass is 400 g/mol. The molecule has 1 aromatic heterocycles. The van der Waals surface area contributed by atoms with Gasteiger partial charge in [0.1, 0.15) is 11.9 Å². The van der Waals surface area contributed by atoms with Crippen molar-refractivity contribution in [2.24, 2.45) is 17.6 Å². The molecule has 3 heterocycles. The smallest absolute Gasteiger partial charge is 0.309 e. The molecular formula is C21H25FN4O3. The first kappa shape index (κ1) is 19.6. The lowest BCUT2D eigenvalue weighted by atomic mass is 9.73. The Morgan fingerprint density at radius 2 is 2.03 bits per heavy atom. The quantitative estimate of drug-likeness (QED) is 0.807. The van der Waals surface area contributed by atoms with Crippen LogP contribution in [0.3, 0.4) is 0 Å². The number of rotatable bonds is 6. The SMILES string of the molecule is Cn1cc(CN2CCC(C[C@H]3CC(c4ccc(F)cc4)=NO3)(C(=O)O)CC2)cn1. The molecule has 1 saturated heterocycles. The average molecular weight is 400 g/mol. The molecule has 0 bridgehead atoms. The second-order valence-electron chi connectivity index (χ2n) is 8.06. The molecule has 0 radical (unpaired) electrons. The third kappa shape index (κ3) is 4.32. The Kier molecular flexibility index (Phi) is 5.36. The molecule has 2 aliphatic heterocycles. The molecule has 1 atom stereocenters. The van der Waals surface area contributed by atoms with Crippen LogP contribution >= 0.6 is 0 Å².